The molecule has 0 aliphatic carbocycles. The van der Waals surface area contributed by atoms with E-state index in [2.05, 4.69) is 5.32 Å². The summed E-state index contributed by atoms with van der Waals surface area (Å²) >= 11 is 0. The molecule has 19 heavy (non-hydrogen) atoms. The van der Waals surface area contributed by atoms with Crippen LogP contribution in [-0.2, 0) is 9.53 Å². The summed E-state index contributed by atoms with van der Waals surface area (Å²) in [5, 5.41) is 2.54. The number of rotatable bonds is 5. The number of nitrogens with one attached hydrogen (secondary N) is 1. The van der Waals surface area contributed by atoms with Crippen LogP contribution in [-0.4, -0.2) is 18.7 Å². The molecule has 1 N–H and O–H groups in total. The van der Waals surface area contributed by atoms with Gasteiger partial charge in [0.15, 0.2) is 0 Å². The summed E-state index contributed by atoms with van der Waals surface area (Å²) in [5.74, 6) is 0.358. The van der Waals surface area contributed by atoms with E-state index in [1.807, 2.05) is 13.8 Å². The zero-order chi connectivity index (χ0) is 14.3. The smallest absolute Gasteiger partial charge is 0.411 e. The van der Waals surface area contributed by atoms with E-state index in [1.54, 1.807) is 31.2 Å². The first-order chi connectivity index (χ1) is 9.01. The molecule has 0 aromatic heterocycles. The number of amides is 1. The zero-order valence-corrected chi connectivity index (χ0v) is 11.4. The van der Waals surface area contributed by atoms with Crippen molar-refractivity contribution < 1.29 is 19.1 Å². The Labute approximate surface area is 112 Å². The molecule has 5 heteroatoms. The molecule has 5 nitrogen and oxygen atoms in total. The summed E-state index contributed by atoms with van der Waals surface area (Å²) in [4.78, 5) is 22.8. The second-order valence-electron chi connectivity index (χ2n) is 4.45. The highest BCUT2D eigenvalue weighted by Gasteiger charge is 2.08. The Balaban J connectivity index is 2.61. The Morgan fingerprint density at radius 3 is 2.68 bits per heavy atom. The van der Waals surface area contributed by atoms with Crippen LogP contribution in [0.5, 0.6) is 5.75 Å². The molecular formula is C14H19NO4. The van der Waals surface area contributed by atoms with Crippen molar-refractivity contribution in [2.24, 2.45) is 5.92 Å². The minimum Gasteiger partial charge on any atom is -0.450 e. The highest BCUT2D eigenvalue weighted by atomic mass is 16.5. The van der Waals surface area contributed by atoms with Gasteiger partial charge in [-0.25, -0.2) is 4.79 Å². The predicted octanol–water partition coefficient (Wildman–Crippen LogP) is 3.21. The van der Waals surface area contributed by atoms with Crippen molar-refractivity contribution in [1.29, 1.82) is 0 Å². The molecule has 0 saturated carbocycles. The van der Waals surface area contributed by atoms with Crippen LogP contribution in [0.3, 0.4) is 0 Å². The lowest BCUT2D eigenvalue weighted by molar-refractivity contribution is -0.135. The summed E-state index contributed by atoms with van der Waals surface area (Å²) in [5.41, 5.74) is 0.522. The van der Waals surface area contributed by atoms with Gasteiger partial charge in [-0.05, 0) is 25.0 Å². The average molecular weight is 265 g/mol. The van der Waals surface area contributed by atoms with Gasteiger partial charge in [0.2, 0.25) is 0 Å². The SMILES string of the molecule is CCOC(=O)Nc1cccc(OC(=O)CC(C)C)c1. The molecule has 1 aromatic rings. The number of hydrogen-bond donors (Lipinski definition) is 1. The van der Waals surface area contributed by atoms with Crippen molar-refractivity contribution in [2.45, 2.75) is 27.2 Å². The van der Waals surface area contributed by atoms with Crippen molar-refractivity contribution in [3.8, 4) is 5.75 Å². The average Bonchev–Trinajstić information content (AvgIpc) is 2.28. The minimum atomic E-state index is -0.534. The van der Waals surface area contributed by atoms with Crippen molar-refractivity contribution in [3.05, 3.63) is 24.3 Å². The second-order valence-corrected chi connectivity index (χ2v) is 4.45. The van der Waals surface area contributed by atoms with E-state index < -0.39 is 6.09 Å². The molecule has 0 saturated heterocycles. The first kappa shape index (κ1) is 15.0. The molecule has 0 fully saturated rings. The van der Waals surface area contributed by atoms with E-state index in [1.165, 1.54) is 0 Å². The standard InChI is InChI=1S/C14H19NO4/c1-4-18-14(17)15-11-6-5-7-12(9-11)19-13(16)8-10(2)3/h5-7,9-10H,4,8H2,1-3H3,(H,15,17). The number of ether oxygens (including phenoxy) is 2. The van der Waals surface area contributed by atoms with Crippen LogP contribution in [0.25, 0.3) is 0 Å². The molecule has 0 heterocycles. The van der Waals surface area contributed by atoms with Crippen molar-refractivity contribution in [1.82, 2.24) is 0 Å². The molecule has 1 aromatic carbocycles. The lowest BCUT2D eigenvalue weighted by atomic mass is 10.1. The van der Waals surface area contributed by atoms with Crippen LogP contribution in [0.2, 0.25) is 0 Å². The zero-order valence-electron chi connectivity index (χ0n) is 11.4. The maximum atomic E-state index is 11.5. The first-order valence-electron chi connectivity index (χ1n) is 6.25. The van der Waals surface area contributed by atoms with E-state index in [9.17, 15) is 9.59 Å². The summed E-state index contributed by atoms with van der Waals surface area (Å²) in [6.45, 7) is 5.92. The number of esters is 1. The summed E-state index contributed by atoms with van der Waals surface area (Å²) in [6, 6.07) is 6.62. The quantitative estimate of drug-likeness (QED) is 0.656. The maximum absolute atomic E-state index is 11.5. The van der Waals surface area contributed by atoms with Gasteiger partial charge in [-0.1, -0.05) is 19.9 Å². The van der Waals surface area contributed by atoms with Gasteiger partial charge < -0.3 is 9.47 Å². The Hall–Kier alpha value is -2.04. The summed E-state index contributed by atoms with van der Waals surface area (Å²) in [6.07, 6.45) is -0.177. The summed E-state index contributed by atoms with van der Waals surface area (Å²) in [7, 11) is 0. The molecule has 0 spiro atoms. The van der Waals surface area contributed by atoms with Gasteiger partial charge in [0.05, 0.1) is 6.61 Å². The van der Waals surface area contributed by atoms with Gasteiger partial charge in [-0.15, -0.1) is 0 Å². The third kappa shape index (κ3) is 5.90. The van der Waals surface area contributed by atoms with Crippen LogP contribution in [0, 0.1) is 5.92 Å². The van der Waals surface area contributed by atoms with E-state index in [-0.39, 0.29) is 11.9 Å². The van der Waals surface area contributed by atoms with Crippen LogP contribution in [0.4, 0.5) is 10.5 Å². The normalized spacial score (nSPS) is 10.1. The molecule has 0 radical (unpaired) electrons. The molecule has 1 rings (SSSR count). The van der Waals surface area contributed by atoms with E-state index in [0.717, 1.165) is 0 Å². The third-order valence-electron chi connectivity index (χ3n) is 2.16. The second kappa shape index (κ2) is 7.41. The molecule has 0 unspecified atom stereocenters. The number of anilines is 1. The Bertz CT molecular complexity index is 443. The van der Waals surface area contributed by atoms with E-state index >= 15 is 0 Å². The monoisotopic (exact) mass is 265 g/mol. The van der Waals surface area contributed by atoms with Crippen LogP contribution in [0.15, 0.2) is 24.3 Å². The molecule has 0 aliphatic heterocycles. The number of hydrogen-bond acceptors (Lipinski definition) is 4. The molecule has 104 valence electrons. The van der Waals surface area contributed by atoms with Gasteiger partial charge in [0.25, 0.3) is 0 Å². The Kier molecular flexibility index (Phi) is 5.85. The van der Waals surface area contributed by atoms with E-state index in [4.69, 9.17) is 9.47 Å². The van der Waals surface area contributed by atoms with Gasteiger partial charge in [-0.3, -0.25) is 10.1 Å². The first-order valence-corrected chi connectivity index (χ1v) is 6.25. The summed E-state index contributed by atoms with van der Waals surface area (Å²) < 4.78 is 9.94. The van der Waals surface area contributed by atoms with Crippen LogP contribution < -0.4 is 10.1 Å². The molecule has 1 amide bonds. The third-order valence-corrected chi connectivity index (χ3v) is 2.16. The minimum absolute atomic E-state index is 0.244. The number of benzene rings is 1. The fraction of sp³-hybridized carbons (Fsp3) is 0.429. The number of carbonyl (C=O) groups excluding carboxylic acids is 2. The molecule has 0 atom stereocenters. The Morgan fingerprint density at radius 1 is 1.32 bits per heavy atom. The highest BCUT2D eigenvalue weighted by molar-refractivity contribution is 5.85. The lowest BCUT2D eigenvalue weighted by Gasteiger charge is -2.08. The van der Waals surface area contributed by atoms with E-state index in [0.29, 0.717) is 24.5 Å². The lowest BCUT2D eigenvalue weighted by Crippen LogP contribution is -2.14. The maximum Gasteiger partial charge on any atom is 0.411 e. The van der Waals surface area contributed by atoms with Crippen molar-refractivity contribution in [3.63, 3.8) is 0 Å². The Morgan fingerprint density at radius 2 is 2.05 bits per heavy atom. The topological polar surface area (TPSA) is 64.6 Å². The van der Waals surface area contributed by atoms with Crippen molar-refractivity contribution in [2.75, 3.05) is 11.9 Å². The van der Waals surface area contributed by atoms with Gasteiger partial charge in [0, 0.05) is 18.2 Å². The van der Waals surface area contributed by atoms with Gasteiger partial charge >= 0.3 is 12.1 Å². The van der Waals surface area contributed by atoms with Gasteiger partial charge in [-0.2, -0.15) is 0 Å². The fourth-order valence-electron chi connectivity index (χ4n) is 1.43. The fourth-order valence-corrected chi connectivity index (χ4v) is 1.43. The molecule has 0 aliphatic rings. The highest BCUT2D eigenvalue weighted by Crippen LogP contribution is 2.18. The van der Waals surface area contributed by atoms with Crippen LogP contribution in [0.1, 0.15) is 27.2 Å². The predicted molar refractivity (Wildman–Crippen MR) is 72.2 cm³/mol. The molecular weight excluding hydrogens is 246 g/mol. The van der Waals surface area contributed by atoms with Gasteiger partial charge in [0.1, 0.15) is 5.75 Å². The molecule has 0 bridgehead atoms. The number of carbonyl (C=O) groups is 2. The largest absolute Gasteiger partial charge is 0.450 e. The van der Waals surface area contributed by atoms with Crippen molar-refractivity contribution >= 4 is 17.7 Å². The van der Waals surface area contributed by atoms with Crippen LogP contribution >= 0.6 is 0 Å².